The molecule has 0 spiro atoms. The summed E-state index contributed by atoms with van der Waals surface area (Å²) in [4.78, 5) is 19.3. The van der Waals surface area contributed by atoms with E-state index in [2.05, 4.69) is 45.4 Å². The van der Waals surface area contributed by atoms with Crippen molar-refractivity contribution in [2.45, 2.75) is 25.7 Å². The van der Waals surface area contributed by atoms with Gasteiger partial charge in [-0.15, -0.1) is 0 Å². The predicted molar refractivity (Wildman–Crippen MR) is 106 cm³/mol. The van der Waals surface area contributed by atoms with Gasteiger partial charge in [0.25, 0.3) is 5.91 Å². The summed E-state index contributed by atoms with van der Waals surface area (Å²) in [6.45, 7) is 4.85. The van der Waals surface area contributed by atoms with Gasteiger partial charge in [0.15, 0.2) is 11.5 Å². The molecule has 27 heavy (non-hydrogen) atoms. The Morgan fingerprint density at radius 3 is 2.93 bits per heavy atom. The number of nitrogens with zero attached hydrogens (tertiary/aromatic N) is 1. The first-order chi connectivity index (χ1) is 13.1. The molecule has 3 rings (SSSR count). The van der Waals surface area contributed by atoms with Gasteiger partial charge in [0.2, 0.25) is 0 Å². The summed E-state index contributed by atoms with van der Waals surface area (Å²) >= 11 is 0. The van der Waals surface area contributed by atoms with Crippen LogP contribution in [0.25, 0.3) is 11.1 Å². The number of amides is 1. The first-order valence-corrected chi connectivity index (χ1v) is 9.07. The van der Waals surface area contributed by atoms with Crippen LogP contribution in [0.3, 0.4) is 0 Å². The van der Waals surface area contributed by atoms with Crippen molar-refractivity contribution in [3.63, 3.8) is 0 Å². The Kier molecular flexibility index (Phi) is 5.84. The molecular formula is C21H24N5O+. The molecule has 0 bridgehead atoms. The molecular weight excluding hydrogens is 338 g/mol. The van der Waals surface area contributed by atoms with Gasteiger partial charge < -0.3 is 15.6 Å². The Balaban J connectivity index is 1.93. The highest BCUT2D eigenvalue weighted by Gasteiger charge is 2.17. The number of aromatic nitrogens is 2. The lowest BCUT2D eigenvalue weighted by atomic mass is 9.90. The van der Waals surface area contributed by atoms with Crippen molar-refractivity contribution in [3.05, 3.63) is 59.7 Å². The maximum atomic E-state index is 12.6. The maximum absolute atomic E-state index is 12.6. The number of imidazole rings is 1. The van der Waals surface area contributed by atoms with Gasteiger partial charge in [0, 0.05) is 17.8 Å². The van der Waals surface area contributed by atoms with Gasteiger partial charge in [-0.2, -0.15) is 0 Å². The fraction of sp³-hybridized carbons (Fsp3) is 0.286. The van der Waals surface area contributed by atoms with E-state index in [1.807, 2.05) is 19.2 Å². The second-order valence-corrected chi connectivity index (χ2v) is 6.59. The van der Waals surface area contributed by atoms with Gasteiger partial charge in [0.05, 0.1) is 6.20 Å². The molecule has 1 aromatic heterocycles. The maximum Gasteiger partial charge on any atom is 0.328 e. The molecule has 0 atom stereocenters. The molecule has 138 valence electrons. The number of anilines is 1. The topological polar surface area (TPSA) is 93.6 Å². The van der Waals surface area contributed by atoms with Gasteiger partial charge in [0.1, 0.15) is 0 Å². The number of carbonyl (C=O) groups is 1. The molecule has 0 unspecified atom stereocenters. The Morgan fingerprint density at radius 1 is 1.41 bits per heavy atom. The largest absolute Gasteiger partial charge is 0.328 e. The average Bonchev–Trinajstić information content (AvgIpc) is 3.18. The number of nitrogens with one attached hydrogen (secondary N) is 4. The molecule has 2 aromatic rings. The minimum absolute atomic E-state index is 0.164. The Hall–Kier alpha value is -3.17. The third-order valence-electron chi connectivity index (χ3n) is 4.63. The zero-order chi connectivity index (χ0) is 19.2. The number of benzene rings is 1. The minimum atomic E-state index is -0.337. The highest BCUT2D eigenvalue weighted by Crippen LogP contribution is 2.33. The van der Waals surface area contributed by atoms with Crippen LogP contribution in [-0.2, 0) is 0 Å². The first-order valence-electron chi connectivity index (χ1n) is 9.07. The van der Waals surface area contributed by atoms with E-state index in [0.29, 0.717) is 12.2 Å². The molecule has 1 heterocycles. The van der Waals surface area contributed by atoms with Crippen molar-refractivity contribution in [1.29, 1.82) is 0 Å². The van der Waals surface area contributed by atoms with Crippen molar-refractivity contribution in [2.24, 2.45) is 0 Å². The van der Waals surface area contributed by atoms with E-state index >= 15 is 0 Å². The monoisotopic (exact) mass is 362 g/mol. The highest BCUT2D eigenvalue weighted by molar-refractivity contribution is 6.03. The standard InChI is InChI=1S/C21H23N5O/c1-14(12-23-2)16-8-9-19(18(10-16)15-6-4-3-5-7-15)26-21(27)20-24-13-17(11-22)25-20/h6,8-10,13,23H,1,3-5,7,12H2,2H3,(H,24,25)(H,26,27)/p+1. The van der Waals surface area contributed by atoms with E-state index < -0.39 is 0 Å². The van der Waals surface area contributed by atoms with Gasteiger partial charge in [-0.05, 0) is 61.6 Å². The third-order valence-corrected chi connectivity index (χ3v) is 4.63. The Labute approximate surface area is 159 Å². The van der Waals surface area contributed by atoms with Crippen LogP contribution in [-0.4, -0.2) is 29.5 Å². The molecule has 4 N–H and O–H groups in total. The van der Waals surface area contributed by atoms with Crippen LogP contribution in [0, 0.1) is 6.07 Å². The second-order valence-electron chi connectivity index (χ2n) is 6.59. The summed E-state index contributed by atoms with van der Waals surface area (Å²) in [5.74, 6) is -0.173. The van der Waals surface area contributed by atoms with Crippen LogP contribution < -0.4 is 15.9 Å². The molecule has 1 aliphatic carbocycles. The molecule has 0 fully saturated rings. The summed E-state index contributed by atoms with van der Waals surface area (Å²) < 4.78 is 0. The normalized spacial score (nSPS) is 13.6. The number of H-pyrrole nitrogens is 1. The smallest absolute Gasteiger partial charge is 0.322 e. The number of allylic oxidation sites excluding steroid dienone is 2. The Morgan fingerprint density at radius 2 is 2.26 bits per heavy atom. The summed E-state index contributed by atoms with van der Waals surface area (Å²) in [7, 11) is 1.90. The minimum Gasteiger partial charge on any atom is -0.322 e. The zero-order valence-corrected chi connectivity index (χ0v) is 15.5. The van der Waals surface area contributed by atoms with E-state index in [0.717, 1.165) is 41.6 Å². The molecule has 1 aromatic carbocycles. The summed E-state index contributed by atoms with van der Waals surface area (Å²) in [5, 5.41) is 13.2. The highest BCUT2D eigenvalue weighted by atomic mass is 16.2. The van der Waals surface area contributed by atoms with Gasteiger partial charge in [-0.1, -0.05) is 24.0 Å². The molecule has 0 aliphatic heterocycles. The predicted octanol–water partition coefficient (Wildman–Crippen LogP) is 1.97. The number of hydrogen-bond donors (Lipinski definition) is 4. The SMILES string of the molecule is C=C(CNC)c1ccc(NC(=O)c2ncc(C#[NH+])[nH]2)c(C2=CCCCC2)c1. The fourth-order valence-corrected chi connectivity index (χ4v) is 3.22. The lowest BCUT2D eigenvalue weighted by Crippen LogP contribution is -2.18. The number of hydrogen-bond acceptors (Lipinski definition) is 3. The van der Waals surface area contributed by atoms with E-state index in [-0.39, 0.29) is 11.7 Å². The molecule has 0 saturated carbocycles. The van der Waals surface area contributed by atoms with Crippen LogP contribution in [0.15, 0.2) is 37.1 Å². The average molecular weight is 362 g/mol. The second kappa shape index (κ2) is 8.47. The summed E-state index contributed by atoms with van der Waals surface area (Å²) in [5.41, 5.74) is 5.47. The van der Waals surface area contributed by atoms with Crippen LogP contribution in [0.4, 0.5) is 5.69 Å². The molecule has 0 saturated heterocycles. The zero-order valence-electron chi connectivity index (χ0n) is 15.5. The summed E-state index contributed by atoms with van der Waals surface area (Å²) in [6.07, 6.45) is 8.08. The first kappa shape index (κ1) is 18.6. The van der Waals surface area contributed by atoms with Crippen molar-refractivity contribution in [1.82, 2.24) is 15.3 Å². The fourth-order valence-electron chi connectivity index (χ4n) is 3.22. The van der Waals surface area contributed by atoms with Crippen LogP contribution in [0.1, 0.15) is 53.1 Å². The van der Waals surface area contributed by atoms with Crippen molar-refractivity contribution >= 4 is 22.7 Å². The number of likely N-dealkylation sites (N-methyl/N-ethyl adjacent to an activating group) is 1. The van der Waals surface area contributed by atoms with E-state index in [9.17, 15) is 4.79 Å². The summed E-state index contributed by atoms with van der Waals surface area (Å²) in [6, 6.07) is 8.19. The van der Waals surface area contributed by atoms with Gasteiger partial charge in [-0.25, -0.2) is 4.98 Å². The molecule has 6 heteroatoms. The van der Waals surface area contributed by atoms with Crippen molar-refractivity contribution < 1.29 is 10.1 Å². The third kappa shape index (κ3) is 4.33. The molecule has 6 nitrogen and oxygen atoms in total. The molecule has 1 amide bonds. The van der Waals surface area contributed by atoms with Crippen molar-refractivity contribution in [2.75, 3.05) is 18.9 Å². The molecule has 0 radical (unpaired) electrons. The lowest BCUT2D eigenvalue weighted by Gasteiger charge is -2.19. The van der Waals surface area contributed by atoms with Crippen LogP contribution in [0.2, 0.25) is 0 Å². The number of rotatable bonds is 6. The van der Waals surface area contributed by atoms with Crippen LogP contribution in [0.5, 0.6) is 0 Å². The van der Waals surface area contributed by atoms with Crippen molar-refractivity contribution in [3.8, 4) is 6.07 Å². The quantitative estimate of drug-likeness (QED) is 0.633. The molecule has 1 aliphatic rings. The van der Waals surface area contributed by atoms with Crippen LogP contribution >= 0.6 is 0 Å². The van der Waals surface area contributed by atoms with E-state index in [4.69, 9.17) is 5.26 Å². The van der Waals surface area contributed by atoms with E-state index in [1.165, 1.54) is 18.2 Å². The van der Waals surface area contributed by atoms with E-state index in [1.54, 1.807) is 0 Å². The number of aromatic amines is 1. The lowest BCUT2D eigenvalue weighted by molar-refractivity contribution is -0.0912. The van der Waals surface area contributed by atoms with Gasteiger partial charge in [-0.3, -0.25) is 4.79 Å². The van der Waals surface area contributed by atoms with Gasteiger partial charge >= 0.3 is 6.07 Å². The number of carbonyl (C=O) groups excluding carboxylic acids is 1. The Bertz CT molecular complexity index is 932.